The van der Waals surface area contributed by atoms with Crippen molar-refractivity contribution in [3.8, 4) is 0 Å². The van der Waals surface area contributed by atoms with Crippen molar-refractivity contribution in [1.29, 1.82) is 0 Å². The number of nitrogens with one attached hydrogen (secondary N) is 1. The predicted molar refractivity (Wildman–Crippen MR) is 112 cm³/mol. The molecule has 1 amide bonds. The lowest BCUT2D eigenvalue weighted by Crippen LogP contribution is -2.27. The molecule has 1 aliphatic heterocycles. The SMILES string of the molecule is Cc1ccc(C2SCC(=O)N2c2ccc(S(=O)(=O)Nc3cc(C)on3)cc2)cc1. The summed E-state index contributed by atoms with van der Waals surface area (Å²) in [7, 11) is -3.81. The highest BCUT2D eigenvalue weighted by Crippen LogP contribution is 2.41. The lowest BCUT2D eigenvalue weighted by atomic mass is 10.1. The summed E-state index contributed by atoms with van der Waals surface area (Å²) >= 11 is 1.55. The van der Waals surface area contributed by atoms with Crippen LogP contribution in [0.15, 0.2) is 64.0 Å². The summed E-state index contributed by atoms with van der Waals surface area (Å²) in [5, 5.41) is 3.51. The van der Waals surface area contributed by atoms with Gasteiger partial charge < -0.3 is 4.52 Å². The molecule has 150 valence electrons. The van der Waals surface area contributed by atoms with E-state index in [4.69, 9.17) is 4.52 Å². The minimum absolute atomic E-state index is 0.00706. The summed E-state index contributed by atoms with van der Waals surface area (Å²) < 4.78 is 32.4. The van der Waals surface area contributed by atoms with E-state index in [0.29, 0.717) is 17.2 Å². The first-order valence-corrected chi connectivity index (χ1v) is 11.4. The minimum atomic E-state index is -3.81. The normalized spacial score (nSPS) is 17.0. The maximum Gasteiger partial charge on any atom is 0.263 e. The van der Waals surface area contributed by atoms with E-state index < -0.39 is 10.0 Å². The van der Waals surface area contributed by atoms with E-state index in [-0.39, 0.29) is 22.0 Å². The molecular weight excluding hydrogens is 410 g/mol. The topological polar surface area (TPSA) is 92.5 Å². The van der Waals surface area contributed by atoms with Crippen LogP contribution in [0.1, 0.15) is 22.3 Å². The van der Waals surface area contributed by atoms with E-state index in [1.54, 1.807) is 35.7 Å². The van der Waals surface area contributed by atoms with E-state index >= 15 is 0 Å². The highest BCUT2D eigenvalue weighted by Gasteiger charge is 2.34. The van der Waals surface area contributed by atoms with Gasteiger partial charge in [-0.25, -0.2) is 8.42 Å². The molecule has 4 rings (SSSR count). The van der Waals surface area contributed by atoms with Gasteiger partial charge in [-0.2, -0.15) is 0 Å². The van der Waals surface area contributed by atoms with Crippen LogP contribution in [0.5, 0.6) is 0 Å². The second-order valence-corrected chi connectivity index (χ2v) is 9.51. The van der Waals surface area contributed by atoms with Gasteiger partial charge in [0.2, 0.25) is 5.91 Å². The fraction of sp³-hybridized carbons (Fsp3) is 0.200. The Labute approximate surface area is 173 Å². The van der Waals surface area contributed by atoms with E-state index in [1.807, 2.05) is 31.2 Å². The van der Waals surface area contributed by atoms with Crippen LogP contribution < -0.4 is 9.62 Å². The van der Waals surface area contributed by atoms with Crippen molar-refractivity contribution in [1.82, 2.24) is 5.16 Å². The van der Waals surface area contributed by atoms with Crippen LogP contribution in [0.2, 0.25) is 0 Å². The Bertz CT molecular complexity index is 1140. The van der Waals surface area contributed by atoms with Crippen molar-refractivity contribution in [2.75, 3.05) is 15.4 Å². The van der Waals surface area contributed by atoms with Gasteiger partial charge in [-0.05, 0) is 43.7 Å². The summed E-state index contributed by atoms with van der Waals surface area (Å²) in [6.45, 7) is 3.69. The number of hydrogen-bond donors (Lipinski definition) is 1. The zero-order valence-corrected chi connectivity index (χ0v) is 17.5. The predicted octanol–water partition coefficient (Wildman–Crippen LogP) is 3.87. The molecule has 0 aliphatic carbocycles. The Balaban J connectivity index is 1.59. The third-order valence-corrected chi connectivity index (χ3v) is 7.11. The number of hydrogen-bond acceptors (Lipinski definition) is 6. The van der Waals surface area contributed by atoms with Crippen molar-refractivity contribution in [2.24, 2.45) is 0 Å². The fourth-order valence-corrected chi connectivity index (χ4v) is 5.24. The summed E-state index contributed by atoms with van der Waals surface area (Å²) in [5.74, 6) is 1.00. The van der Waals surface area contributed by atoms with Crippen molar-refractivity contribution < 1.29 is 17.7 Å². The molecule has 7 nitrogen and oxygen atoms in total. The molecule has 2 heterocycles. The number of aryl methyl sites for hydroxylation is 2. The number of benzene rings is 2. The number of thioether (sulfide) groups is 1. The number of anilines is 2. The molecule has 1 aromatic heterocycles. The Morgan fingerprint density at radius 1 is 1.10 bits per heavy atom. The first kappa shape index (κ1) is 19.5. The van der Waals surface area contributed by atoms with Crippen molar-refractivity contribution in [2.45, 2.75) is 24.1 Å². The average Bonchev–Trinajstić information content (AvgIpc) is 3.27. The molecule has 1 atom stereocenters. The van der Waals surface area contributed by atoms with Gasteiger partial charge in [0, 0.05) is 11.8 Å². The lowest BCUT2D eigenvalue weighted by molar-refractivity contribution is -0.115. The smallest absolute Gasteiger partial charge is 0.263 e. The number of rotatable bonds is 5. The van der Waals surface area contributed by atoms with Gasteiger partial charge in [0.05, 0.1) is 10.6 Å². The van der Waals surface area contributed by atoms with Crippen molar-refractivity contribution in [3.63, 3.8) is 0 Å². The van der Waals surface area contributed by atoms with Gasteiger partial charge in [-0.3, -0.25) is 14.4 Å². The van der Waals surface area contributed by atoms with Crippen molar-refractivity contribution >= 4 is 39.2 Å². The number of carbonyl (C=O) groups is 1. The molecule has 1 aliphatic rings. The Kier molecular flexibility index (Phi) is 5.10. The summed E-state index contributed by atoms with van der Waals surface area (Å²) in [4.78, 5) is 14.3. The second-order valence-electron chi connectivity index (χ2n) is 6.76. The van der Waals surface area contributed by atoms with Gasteiger partial charge in [-0.15, -0.1) is 11.8 Å². The molecule has 0 radical (unpaired) electrons. The molecule has 1 saturated heterocycles. The number of sulfonamides is 1. The Morgan fingerprint density at radius 3 is 2.41 bits per heavy atom. The molecular formula is C20H19N3O4S2. The number of amides is 1. The van der Waals surface area contributed by atoms with Crippen molar-refractivity contribution in [3.05, 3.63) is 71.5 Å². The monoisotopic (exact) mass is 429 g/mol. The van der Waals surface area contributed by atoms with Crippen LogP contribution in [-0.2, 0) is 14.8 Å². The maximum atomic E-state index is 12.5. The summed E-state index contributed by atoms with van der Waals surface area (Å²) in [6, 6.07) is 15.8. The maximum absolute atomic E-state index is 12.5. The molecule has 0 bridgehead atoms. The summed E-state index contributed by atoms with van der Waals surface area (Å²) in [6.07, 6.45) is 0. The molecule has 1 fully saturated rings. The van der Waals surface area contributed by atoms with Gasteiger partial charge in [-0.1, -0.05) is 35.0 Å². The highest BCUT2D eigenvalue weighted by atomic mass is 32.2. The number of aromatic nitrogens is 1. The average molecular weight is 430 g/mol. The van der Waals surface area contributed by atoms with Crippen LogP contribution in [0.3, 0.4) is 0 Å². The minimum Gasteiger partial charge on any atom is -0.360 e. The number of carbonyl (C=O) groups excluding carboxylic acids is 1. The molecule has 1 unspecified atom stereocenters. The Morgan fingerprint density at radius 2 is 1.79 bits per heavy atom. The van der Waals surface area contributed by atoms with E-state index in [9.17, 15) is 13.2 Å². The van der Waals surface area contributed by atoms with Gasteiger partial charge >= 0.3 is 0 Å². The third kappa shape index (κ3) is 4.01. The van der Waals surface area contributed by atoms with Gasteiger partial charge in [0.1, 0.15) is 11.1 Å². The fourth-order valence-electron chi connectivity index (χ4n) is 3.08. The van der Waals surface area contributed by atoms with Crippen LogP contribution in [0, 0.1) is 13.8 Å². The first-order chi connectivity index (χ1) is 13.8. The van der Waals surface area contributed by atoms with Crippen LogP contribution >= 0.6 is 11.8 Å². The summed E-state index contributed by atoms with van der Waals surface area (Å²) in [5.41, 5.74) is 2.84. The molecule has 0 saturated carbocycles. The Hall–Kier alpha value is -2.78. The third-order valence-electron chi connectivity index (χ3n) is 4.52. The first-order valence-electron chi connectivity index (χ1n) is 8.90. The quantitative estimate of drug-likeness (QED) is 0.662. The zero-order valence-electron chi connectivity index (χ0n) is 15.8. The van der Waals surface area contributed by atoms with Gasteiger partial charge in [0.15, 0.2) is 5.82 Å². The lowest BCUT2D eigenvalue weighted by Gasteiger charge is -2.24. The number of nitrogens with zero attached hydrogens (tertiary/aromatic N) is 2. The molecule has 0 spiro atoms. The molecule has 9 heteroatoms. The molecule has 1 N–H and O–H groups in total. The molecule has 3 aromatic rings. The van der Waals surface area contributed by atoms with E-state index in [2.05, 4.69) is 9.88 Å². The van der Waals surface area contributed by atoms with E-state index in [0.717, 1.165) is 11.1 Å². The van der Waals surface area contributed by atoms with Crippen LogP contribution in [0.25, 0.3) is 0 Å². The van der Waals surface area contributed by atoms with E-state index in [1.165, 1.54) is 18.2 Å². The molecule has 29 heavy (non-hydrogen) atoms. The van der Waals surface area contributed by atoms with Crippen LogP contribution in [-0.4, -0.2) is 25.2 Å². The van der Waals surface area contributed by atoms with Gasteiger partial charge in [0.25, 0.3) is 10.0 Å². The zero-order chi connectivity index (χ0) is 20.6. The second kappa shape index (κ2) is 7.57. The standard InChI is InChI=1S/C20H19N3O4S2/c1-13-3-5-15(6-4-13)20-23(19(24)12-28-20)16-7-9-17(10-8-16)29(25,26)22-18-11-14(2)27-21-18/h3-11,20H,12H2,1-2H3,(H,21,22). The van der Waals surface area contributed by atoms with Crippen LogP contribution in [0.4, 0.5) is 11.5 Å². The highest BCUT2D eigenvalue weighted by molar-refractivity contribution is 8.00. The largest absolute Gasteiger partial charge is 0.360 e. The molecule has 2 aromatic carbocycles.